The van der Waals surface area contributed by atoms with Gasteiger partial charge >= 0.3 is 0 Å². The van der Waals surface area contributed by atoms with Gasteiger partial charge in [-0.05, 0) is 68.8 Å². The Bertz CT molecular complexity index is 2370. The summed E-state index contributed by atoms with van der Waals surface area (Å²) in [5.74, 6) is 0.678. The van der Waals surface area contributed by atoms with Crippen molar-refractivity contribution in [3.05, 3.63) is 211 Å². The SMILES string of the molecule is c1ccc(-c2ccc(-c3cc(-c4cccnc4)nc(-c4ccc5c(c4)C(c4ccccc4)(c4ccccc4)c4ccccc4-5)n3)cc2)cc1. The van der Waals surface area contributed by atoms with Gasteiger partial charge in [0.1, 0.15) is 0 Å². The number of rotatable bonds is 6. The highest BCUT2D eigenvalue weighted by Gasteiger charge is 2.46. The van der Waals surface area contributed by atoms with Gasteiger partial charge in [-0.2, -0.15) is 0 Å². The van der Waals surface area contributed by atoms with E-state index >= 15 is 0 Å². The van der Waals surface area contributed by atoms with Gasteiger partial charge < -0.3 is 0 Å². The second-order valence-corrected chi connectivity index (χ2v) is 12.4. The summed E-state index contributed by atoms with van der Waals surface area (Å²) in [6, 6.07) is 62.5. The van der Waals surface area contributed by atoms with Crippen LogP contribution in [0.4, 0.5) is 0 Å². The standard InChI is InChI=1S/C46H31N3/c1-4-13-32(14-5-1)33-22-24-34(25-23-33)43-30-44(36-15-12-28-47-31-36)49-45(48-43)35-26-27-40-39-20-10-11-21-41(39)46(42(40)29-35,37-16-6-2-7-17-37)38-18-8-3-9-19-38/h1-31H. The van der Waals surface area contributed by atoms with E-state index in [1.807, 2.05) is 18.3 Å². The molecule has 0 N–H and O–H groups in total. The monoisotopic (exact) mass is 625 g/mol. The Labute approximate surface area is 286 Å². The summed E-state index contributed by atoms with van der Waals surface area (Å²) in [5, 5.41) is 0. The molecular weight excluding hydrogens is 595 g/mol. The third-order valence-corrected chi connectivity index (χ3v) is 9.69. The topological polar surface area (TPSA) is 38.7 Å². The molecule has 0 saturated heterocycles. The first-order valence-electron chi connectivity index (χ1n) is 16.6. The fraction of sp³-hybridized carbons (Fsp3) is 0.0217. The van der Waals surface area contributed by atoms with Crippen molar-refractivity contribution >= 4 is 0 Å². The second kappa shape index (κ2) is 12.0. The zero-order chi connectivity index (χ0) is 32.6. The number of pyridine rings is 1. The molecule has 2 aromatic heterocycles. The van der Waals surface area contributed by atoms with Crippen molar-refractivity contribution in [1.82, 2.24) is 15.0 Å². The van der Waals surface area contributed by atoms with Crippen molar-refractivity contribution in [3.8, 4) is 56.2 Å². The van der Waals surface area contributed by atoms with E-state index in [1.54, 1.807) is 6.20 Å². The summed E-state index contributed by atoms with van der Waals surface area (Å²) in [6.07, 6.45) is 3.66. The van der Waals surface area contributed by atoms with Gasteiger partial charge in [-0.3, -0.25) is 4.98 Å². The number of hydrogen-bond donors (Lipinski definition) is 0. The van der Waals surface area contributed by atoms with Gasteiger partial charge in [0.15, 0.2) is 5.82 Å². The maximum atomic E-state index is 5.24. The zero-order valence-electron chi connectivity index (χ0n) is 26.7. The van der Waals surface area contributed by atoms with Crippen LogP contribution in [-0.4, -0.2) is 15.0 Å². The van der Waals surface area contributed by atoms with Crippen LogP contribution in [0, 0.1) is 0 Å². The average molecular weight is 626 g/mol. The van der Waals surface area contributed by atoms with E-state index in [1.165, 1.54) is 44.5 Å². The second-order valence-electron chi connectivity index (χ2n) is 12.4. The van der Waals surface area contributed by atoms with Crippen LogP contribution in [0.2, 0.25) is 0 Å². The minimum Gasteiger partial charge on any atom is -0.264 e. The predicted octanol–water partition coefficient (Wildman–Crippen LogP) is 10.9. The Balaban J connectivity index is 1.25. The molecule has 3 heteroatoms. The van der Waals surface area contributed by atoms with Gasteiger partial charge in [0, 0.05) is 29.1 Å². The third-order valence-electron chi connectivity index (χ3n) is 9.69. The van der Waals surface area contributed by atoms with Crippen LogP contribution in [0.25, 0.3) is 56.2 Å². The fourth-order valence-electron chi connectivity index (χ4n) is 7.43. The highest BCUT2D eigenvalue weighted by molar-refractivity contribution is 5.88. The molecule has 0 aliphatic heterocycles. The normalized spacial score (nSPS) is 12.7. The fourth-order valence-corrected chi connectivity index (χ4v) is 7.43. The largest absolute Gasteiger partial charge is 0.264 e. The van der Waals surface area contributed by atoms with Gasteiger partial charge in [0.2, 0.25) is 0 Å². The Kier molecular flexibility index (Phi) is 7.02. The first-order chi connectivity index (χ1) is 24.3. The van der Waals surface area contributed by atoms with E-state index < -0.39 is 5.41 Å². The van der Waals surface area contributed by atoms with Crippen molar-refractivity contribution in [2.45, 2.75) is 5.41 Å². The molecule has 6 aromatic carbocycles. The molecule has 0 spiro atoms. The minimum absolute atomic E-state index is 0.498. The van der Waals surface area contributed by atoms with E-state index in [9.17, 15) is 0 Å². The highest BCUT2D eigenvalue weighted by atomic mass is 14.9. The van der Waals surface area contributed by atoms with Crippen LogP contribution in [0.15, 0.2) is 188 Å². The summed E-state index contributed by atoms with van der Waals surface area (Å²) >= 11 is 0. The molecule has 0 fully saturated rings. The van der Waals surface area contributed by atoms with Gasteiger partial charge in [-0.25, -0.2) is 9.97 Å². The number of nitrogens with zero attached hydrogens (tertiary/aromatic N) is 3. The molecular formula is C46H31N3. The first-order valence-corrected chi connectivity index (χ1v) is 16.6. The number of hydrogen-bond acceptors (Lipinski definition) is 3. The molecule has 0 saturated carbocycles. The van der Waals surface area contributed by atoms with Crippen LogP contribution in [0.5, 0.6) is 0 Å². The Morgan fingerprint density at radius 2 is 0.898 bits per heavy atom. The predicted molar refractivity (Wildman–Crippen MR) is 199 cm³/mol. The number of aromatic nitrogens is 3. The summed E-state index contributed by atoms with van der Waals surface area (Å²) in [7, 11) is 0. The van der Waals surface area contributed by atoms with Gasteiger partial charge in [-0.1, -0.05) is 152 Å². The Morgan fingerprint density at radius 3 is 1.57 bits per heavy atom. The molecule has 0 amide bonds. The van der Waals surface area contributed by atoms with Crippen molar-refractivity contribution in [1.29, 1.82) is 0 Å². The molecule has 1 aliphatic rings. The summed E-state index contributed by atoms with van der Waals surface area (Å²) in [5.41, 5.74) is 14.0. The number of fused-ring (bicyclic) bond motifs is 3. The van der Waals surface area contributed by atoms with Crippen molar-refractivity contribution in [3.63, 3.8) is 0 Å². The van der Waals surface area contributed by atoms with Crippen LogP contribution < -0.4 is 0 Å². The van der Waals surface area contributed by atoms with Gasteiger partial charge in [0.25, 0.3) is 0 Å². The molecule has 0 atom stereocenters. The molecule has 9 rings (SSSR count). The lowest BCUT2D eigenvalue weighted by molar-refractivity contribution is 0.768. The summed E-state index contributed by atoms with van der Waals surface area (Å²) in [6.45, 7) is 0. The molecule has 230 valence electrons. The molecule has 0 unspecified atom stereocenters. The lowest BCUT2D eigenvalue weighted by Gasteiger charge is -2.34. The third kappa shape index (κ3) is 4.87. The molecule has 2 heterocycles. The van der Waals surface area contributed by atoms with Crippen LogP contribution in [-0.2, 0) is 5.41 Å². The number of benzene rings is 6. The van der Waals surface area contributed by atoms with Crippen molar-refractivity contribution in [2.75, 3.05) is 0 Å². The van der Waals surface area contributed by atoms with E-state index in [0.29, 0.717) is 5.82 Å². The smallest absolute Gasteiger partial charge is 0.160 e. The Hall–Kier alpha value is -6.45. The molecule has 0 radical (unpaired) electrons. The van der Waals surface area contributed by atoms with Crippen molar-refractivity contribution in [2.24, 2.45) is 0 Å². The lowest BCUT2D eigenvalue weighted by Crippen LogP contribution is -2.28. The van der Waals surface area contributed by atoms with E-state index in [4.69, 9.17) is 9.97 Å². The quantitative estimate of drug-likeness (QED) is 0.185. The van der Waals surface area contributed by atoms with Crippen LogP contribution in [0.1, 0.15) is 22.3 Å². The molecule has 3 nitrogen and oxygen atoms in total. The summed E-state index contributed by atoms with van der Waals surface area (Å²) < 4.78 is 0. The van der Waals surface area contributed by atoms with Gasteiger partial charge in [-0.15, -0.1) is 0 Å². The van der Waals surface area contributed by atoms with Gasteiger partial charge in [0.05, 0.1) is 16.8 Å². The lowest BCUT2D eigenvalue weighted by atomic mass is 9.67. The average Bonchev–Trinajstić information content (AvgIpc) is 3.49. The summed E-state index contributed by atoms with van der Waals surface area (Å²) in [4.78, 5) is 14.8. The van der Waals surface area contributed by atoms with Crippen molar-refractivity contribution < 1.29 is 0 Å². The highest BCUT2D eigenvalue weighted by Crippen LogP contribution is 2.56. The molecule has 8 aromatic rings. The minimum atomic E-state index is -0.498. The first kappa shape index (κ1) is 28.7. The molecule has 1 aliphatic carbocycles. The Morgan fingerprint density at radius 1 is 0.367 bits per heavy atom. The van der Waals surface area contributed by atoms with E-state index in [-0.39, 0.29) is 0 Å². The van der Waals surface area contributed by atoms with E-state index in [2.05, 4.69) is 169 Å². The van der Waals surface area contributed by atoms with Crippen LogP contribution >= 0.6 is 0 Å². The zero-order valence-corrected chi connectivity index (χ0v) is 26.7. The van der Waals surface area contributed by atoms with E-state index in [0.717, 1.165) is 28.1 Å². The maximum Gasteiger partial charge on any atom is 0.160 e. The van der Waals surface area contributed by atoms with Crippen LogP contribution in [0.3, 0.4) is 0 Å². The molecule has 49 heavy (non-hydrogen) atoms. The maximum absolute atomic E-state index is 5.24. The molecule has 0 bridgehead atoms.